The van der Waals surface area contributed by atoms with Crippen LogP contribution in [0.5, 0.6) is 0 Å². The summed E-state index contributed by atoms with van der Waals surface area (Å²) in [5.41, 5.74) is 8.79. The summed E-state index contributed by atoms with van der Waals surface area (Å²) in [5.74, 6) is -1.13. The van der Waals surface area contributed by atoms with Gasteiger partial charge in [0.15, 0.2) is 0 Å². The molecular formula is C16H14N8O5S. The number of sulfonamides is 1. The second-order valence-corrected chi connectivity index (χ2v) is 7.35. The number of nitrogen functional groups attached to an aromatic ring is 1. The molecule has 0 unspecified atom stereocenters. The Morgan fingerprint density at radius 3 is 2.37 bits per heavy atom. The Bertz CT molecular complexity index is 1230. The summed E-state index contributed by atoms with van der Waals surface area (Å²) in [6.07, 6.45) is 1.29. The van der Waals surface area contributed by atoms with Crippen molar-refractivity contribution in [3.63, 3.8) is 0 Å². The van der Waals surface area contributed by atoms with Crippen LogP contribution in [-0.2, 0) is 10.0 Å². The molecule has 0 spiro atoms. The van der Waals surface area contributed by atoms with Crippen molar-refractivity contribution in [2.45, 2.75) is 4.90 Å². The number of nitrogens with two attached hydrogens (primary N) is 2. The Morgan fingerprint density at radius 2 is 1.80 bits per heavy atom. The summed E-state index contributed by atoms with van der Waals surface area (Å²) in [5, 5.41) is 23.4. The molecule has 1 amide bonds. The van der Waals surface area contributed by atoms with Gasteiger partial charge in [-0.15, -0.1) is 5.10 Å². The third-order valence-electron chi connectivity index (χ3n) is 3.73. The smallest absolute Gasteiger partial charge is 0.311 e. The number of nitrogens with zero attached hydrogens (tertiary/aromatic N) is 5. The van der Waals surface area contributed by atoms with Gasteiger partial charge in [-0.05, 0) is 42.0 Å². The quantitative estimate of drug-likeness (QED) is 0.279. The van der Waals surface area contributed by atoms with Crippen LogP contribution in [0, 0.1) is 10.1 Å². The van der Waals surface area contributed by atoms with Crippen molar-refractivity contribution < 1.29 is 18.1 Å². The Hall–Kier alpha value is -4.17. The van der Waals surface area contributed by atoms with E-state index >= 15 is 0 Å². The molecule has 5 N–H and O–H groups in total. The number of anilines is 1. The Labute approximate surface area is 169 Å². The number of benzene rings is 2. The Morgan fingerprint density at radius 1 is 1.17 bits per heavy atom. The molecule has 14 heteroatoms. The lowest BCUT2D eigenvalue weighted by Crippen LogP contribution is -2.19. The molecule has 0 atom stereocenters. The SMILES string of the molecule is Nc1nc(C(=O)N/N=C/c2ccc([N+](=O)[O-])cc2)nn1-c1ccc(S(N)(=O)=O)cc1. The third kappa shape index (κ3) is 4.62. The number of nitro benzene ring substituents is 1. The fraction of sp³-hybridized carbons (Fsp3) is 0. The van der Waals surface area contributed by atoms with Crippen LogP contribution in [0.2, 0.25) is 0 Å². The van der Waals surface area contributed by atoms with E-state index in [4.69, 9.17) is 10.9 Å². The van der Waals surface area contributed by atoms with Gasteiger partial charge < -0.3 is 5.73 Å². The molecule has 154 valence electrons. The highest BCUT2D eigenvalue weighted by Crippen LogP contribution is 2.15. The predicted octanol–water partition coefficient (Wildman–Crippen LogP) is 0.169. The van der Waals surface area contributed by atoms with Gasteiger partial charge in [-0.1, -0.05) is 0 Å². The third-order valence-corrected chi connectivity index (χ3v) is 4.66. The molecule has 3 aromatic rings. The van der Waals surface area contributed by atoms with Crippen molar-refractivity contribution >= 4 is 33.8 Å². The zero-order chi connectivity index (χ0) is 21.9. The van der Waals surface area contributed by atoms with Crippen LogP contribution in [0.4, 0.5) is 11.6 Å². The average molecular weight is 430 g/mol. The van der Waals surface area contributed by atoms with E-state index < -0.39 is 20.9 Å². The summed E-state index contributed by atoms with van der Waals surface area (Å²) < 4.78 is 23.8. The van der Waals surface area contributed by atoms with Gasteiger partial charge in [-0.2, -0.15) is 14.8 Å². The number of nitro groups is 1. The number of carbonyl (C=O) groups is 1. The summed E-state index contributed by atoms with van der Waals surface area (Å²) in [6, 6.07) is 10.9. The van der Waals surface area contributed by atoms with Gasteiger partial charge in [-0.25, -0.2) is 19.0 Å². The number of nitrogens with one attached hydrogen (secondary N) is 1. The van der Waals surface area contributed by atoms with Crippen LogP contribution < -0.4 is 16.3 Å². The van der Waals surface area contributed by atoms with Gasteiger partial charge in [-0.3, -0.25) is 14.9 Å². The Kier molecular flexibility index (Phi) is 5.52. The summed E-state index contributed by atoms with van der Waals surface area (Å²) in [6.45, 7) is 0. The van der Waals surface area contributed by atoms with E-state index in [0.717, 1.165) is 4.68 Å². The fourth-order valence-electron chi connectivity index (χ4n) is 2.28. The highest BCUT2D eigenvalue weighted by atomic mass is 32.2. The molecule has 3 rings (SSSR count). The van der Waals surface area contributed by atoms with Crippen LogP contribution in [0.15, 0.2) is 58.5 Å². The minimum Gasteiger partial charge on any atom is -0.368 e. The standard InChI is InChI=1S/C16H14N8O5S/c17-16-20-14(22-23(16)11-5-7-13(8-6-11)30(18,28)29)15(25)21-19-9-10-1-3-12(4-2-10)24(26)27/h1-9H,(H,21,25)(H2,17,20,22)(H2,18,28,29)/b19-9+. The molecule has 0 fully saturated rings. The molecule has 30 heavy (non-hydrogen) atoms. The number of amides is 1. The molecule has 2 aromatic carbocycles. The number of carbonyl (C=O) groups excluding carboxylic acids is 1. The number of primary sulfonamides is 1. The molecule has 0 aliphatic carbocycles. The minimum absolute atomic E-state index is 0.0708. The number of rotatable bonds is 6. The van der Waals surface area contributed by atoms with Crippen LogP contribution in [0.1, 0.15) is 16.2 Å². The molecular weight excluding hydrogens is 416 g/mol. The second kappa shape index (κ2) is 8.06. The molecule has 0 saturated heterocycles. The first-order chi connectivity index (χ1) is 14.1. The van der Waals surface area contributed by atoms with E-state index in [1.165, 1.54) is 54.7 Å². The highest BCUT2D eigenvalue weighted by molar-refractivity contribution is 7.89. The number of hydrogen-bond acceptors (Lipinski definition) is 9. The van der Waals surface area contributed by atoms with Crippen molar-refractivity contribution in [3.05, 3.63) is 70.0 Å². The van der Waals surface area contributed by atoms with E-state index in [2.05, 4.69) is 20.6 Å². The lowest BCUT2D eigenvalue weighted by atomic mass is 10.2. The molecule has 0 aliphatic heterocycles. The van der Waals surface area contributed by atoms with Crippen LogP contribution >= 0.6 is 0 Å². The first-order valence-electron chi connectivity index (χ1n) is 8.09. The van der Waals surface area contributed by atoms with Crippen LogP contribution in [0.3, 0.4) is 0 Å². The van der Waals surface area contributed by atoms with Crippen molar-refractivity contribution in [2.24, 2.45) is 10.2 Å². The molecule has 1 heterocycles. The first kappa shape index (κ1) is 20.6. The van der Waals surface area contributed by atoms with Gasteiger partial charge >= 0.3 is 5.91 Å². The zero-order valence-electron chi connectivity index (χ0n) is 15.0. The molecule has 1 aromatic heterocycles. The van der Waals surface area contributed by atoms with E-state index in [0.29, 0.717) is 11.3 Å². The first-order valence-corrected chi connectivity index (χ1v) is 9.63. The lowest BCUT2D eigenvalue weighted by molar-refractivity contribution is -0.384. The van der Waals surface area contributed by atoms with Crippen molar-refractivity contribution in [3.8, 4) is 5.69 Å². The zero-order valence-corrected chi connectivity index (χ0v) is 15.9. The summed E-state index contributed by atoms with van der Waals surface area (Å²) >= 11 is 0. The van der Waals surface area contributed by atoms with Crippen molar-refractivity contribution in [2.75, 3.05) is 5.73 Å². The number of aromatic nitrogens is 3. The molecule has 0 saturated carbocycles. The van der Waals surface area contributed by atoms with E-state index in [1.54, 1.807) is 0 Å². The van der Waals surface area contributed by atoms with E-state index in [9.17, 15) is 23.3 Å². The van der Waals surface area contributed by atoms with Gasteiger partial charge in [0, 0.05) is 12.1 Å². The van der Waals surface area contributed by atoms with Gasteiger partial charge in [0.05, 0.1) is 21.7 Å². The summed E-state index contributed by atoms with van der Waals surface area (Å²) in [4.78, 5) is 26.0. The monoisotopic (exact) mass is 430 g/mol. The summed E-state index contributed by atoms with van der Waals surface area (Å²) in [7, 11) is -3.85. The number of hydrazone groups is 1. The average Bonchev–Trinajstić information content (AvgIpc) is 3.09. The highest BCUT2D eigenvalue weighted by Gasteiger charge is 2.16. The second-order valence-electron chi connectivity index (χ2n) is 5.79. The largest absolute Gasteiger partial charge is 0.368 e. The van der Waals surface area contributed by atoms with E-state index in [-0.39, 0.29) is 22.4 Å². The molecule has 0 bridgehead atoms. The minimum atomic E-state index is -3.85. The van der Waals surface area contributed by atoms with Crippen LogP contribution in [0.25, 0.3) is 5.69 Å². The molecule has 0 radical (unpaired) electrons. The topological polar surface area (TPSA) is 201 Å². The van der Waals surface area contributed by atoms with Gasteiger partial charge in [0.2, 0.25) is 21.8 Å². The maximum atomic E-state index is 12.2. The van der Waals surface area contributed by atoms with Crippen molar-refractivity contribution in [1.29, 1.82) is 0 Å². The van der Waals surface area contributed by atoms with Crippen LogP contribution in [-0.4, -0.2) is 40.2 Å². The van der Waals surface area contributed by atoms with Gasteiger partial charge in [0.1, 0.15) is 0 Å². The predicted molar refractivity (Wildman–Crippen MR) is 105 cm³/mol. The maximum absolute atomic E-state index is 12.2. The Balaban J connectivity index is 1.71. The lowest BCUT2D eigenvalue weighted by Gasteiger charge is -2.03. The number of hydrogen-bond donors (Lipinski definition) is 3. The molecule has 13 nitrogen and oxygen atoms in total. The van der Waals surface area contributed by atoms with E-state index in [1.807, 2.05) is 0 Å². The van der Waals surface area contributed by atoms with Crippen molar-refractivity contribution in [1.82, 2.24) is 20.2 Å². The fourth-order valence-corrected chi connectivity index (χ4v) is 2.80. The maximum Gasteiger partial charge on any atom is 0.311 e. The van der Waals surface area contributed by atoms with Gasteiger partial charge in [0.25, 0.3) is 5.69 Å². The molecule has 0 aliphatic rings. The number of non-ortho nitro benzene ring substituents is 1. The normalized spacial score (nSPS) is 11.5.